The molecule has 1 aliphatic heterocycles. The number of carbonyl (C=O) groups is 2. The molecule has 2 amide bonds. The van der Waals surface area contributed by atoms with Crippen LogP contribution < -0.4 is 10.6 Å². The SMILES string of the molecule is CC(NC(=O)CN1CCC(CNC(=O)OC(C)(C)C)CC1)C1CC2CCC1C2. The molecule has 0 aromatic rings. The fraction of sp³-hybridized carbons (Fsp3) is 0.909. The average Bonchev–Trinajstić information content (AvgIpc) is 3.23. The van der Waals surface area contributed by atoms with Gasteiger partial charge < -0.3 is 15.4 Å². The van der Waals surface area contributed by atoms with Gasteiger partial charge in [0, 0.05) is 12.6 Å². The first-order chi connectivity index (χ1) is 13.2. The molecule has 28 heavy (non-hydrogen) atoms. The van der Waals surface area contributed by atoms with Crippen molar-refractivity contribution in [3.8, 4) is 0 Å². The Bertz CT molecular complexity index is 552. The Hall–Kier alpha value is -1.30. The smallest absolute Gasteiger partial charge is 0.407 e. The molecule has 0 radical (unpaired) electrons. The lowest BCUT2D eigenvalue weighted by molar-refractivity contribution is -0.123. The molecule has 2 aliphatic carbocycles. The Kier molecular flexibility index (Phi) is 6.89. The zero-order valence-corrected chi connectivity index (χ0v) is 18.1. The summed E-state index contributed by atoms with van der Waals surface area (Å²) < 4.78 is 5.29. The van der Waals surface area contributed by atoms with Gasteiger partial charge in [0.05, 0.1) is 6.54 Å². The highest BCUT2D eigenvalue weighted by molar-refractivity contribution is 5.78. The van der Waals surface area contributed by atoms with Gasteiger partial charge in [0.25, 0.3) is 0 Å². The molecule has 3 aliphatic rings. The number of hydrogen-bond acceptors (Lipinski definition) is 4. The van der Waals surface area contributed by atoms with E-state index in [1.54, 1.807) is 0 Å². The summed E-state index contributed by atoms with van der Waals surface area (Å²) in [7, 11) is 0. The summed E-state index contributed by atoms with van der Waals surface area (Å²) in [6.45, 7) is 10.8. The number of hydrogen-bond donors (Lipinski definition) is 2. The van der Waals surface area contributed by atoms with Crippen molar-refractivity contribution in [2.24, 2.45) is 23.7 Å². The van der Waals surface area contributed by atoms with E-state index in [1.807, 2.05) is 20.8 Å². The summed E-state index contributed by atoms with van der Waals surface area (Å²) >= 11 is 0. The molecule has 4 atom stereocenters. The Balaban J connectivity index is 1.30. The zero-order valence-electron chi connectivity index (χ0n) is 18.1. The maximum atomic E-state index is 12.5. The molecule has 3 rings (SSSR count). The van der Waals surface area contributed by atoms with Gasteiger partial charge in [0.1, 0.15) is 5.60 Å². The minimum absolute atomic E-state index is 0.167. The largest absolute Gasteiger partial charge is 0.444 e. The highest BCUT2D eigenvalue weighted by Gasteiger charge is 2.42. The minimum atomic E-state index is -0.462. The van der Waals surface area contributed by atoms with Crippen LogP contribution in [0.1, 0.15) is 66.2 Å². The van der Waals surface area contributed by atoms with Crippen molar-refractivity contribution >= 4 is 12.0 Å². The van der Waals surface area contributed by atoms with Gasteiger partial charge in [-0.05, 0) is 96.6 Å². The van der Waals surface area contributed by atoms with Crippen LogP contribution in [0.2, 0.25) is 0 Å². The maximum absolute atomic E-state index is 12.5. The summed E-state index contributed by atoms with van der Waals surface area (Å²) in [5.74, 6) is 3.07. The van der Waals surface area contributed by atoms with Crippen molar-refractivity contribution in [3.05, 3.63) is 0 Å². The molecule has 0 aromatic carbocycles. The van der Waals surface area contributed by atoms with Gasteiger partial charge in [-0.2, -0.15) is 0 Å². The molecule has 3 fully saturated rings. The van der Waals surface area contributed by atoms with Crippen molar-refractivity contribution in [2.45, 2.75) is 77.9 Å². The fourth-order valence-electron chi connectivity index (χ4n) is 5.41. The van der Waals surface area contributed by atoms with Crippen molar-refractivity contribution in [1.82, 2.24) is 15.5 Å². The van der Waals surface area contributed by atoms with Crippen LogP contribution in [0.4, 0.5) is 4.79 Å². The first kappa shape index (κ1) is 21.4. The van der Waals surface area contributed by atoms with Gasteiger partial charge in [-0.25, -0.2) is 4.79 Å². The van der Waals surface area contributed by atoms with Crippen molar-refractivity contribution < 1.29 is 14.3 Å². The topological polar surface area (TPSA) is 70.7 Å². The number of likely N-dealkylation sites (tertiary alicyclic amines) is 1. The Morgan fingerprint density at radius 3 is 2.39 bits per heavy atom. The van der Waals surface area contributed by atoms with E-state index >= 15 is 0 Å². The van der Waals surface area contributed by atoms with Gasteiger partial charge in [-0.3, -0.25) is 9.69 Å². The van der Waals surface area contributed by atoms with Gasteiger partial charge in [-0.15, -0.1) is 0 Å². The quantitative estimate of drug-likeness (QED) is 0.727. The van der Waals surface area contributed by atoms with E-state index in [1.165, 1.54) is 25.7 Å². The van der Waals surface area contributed by atoms with E-state index in [0.29, 0.717) is 31.0 Å². The molecule has 6 heteroatoms. The Labute approximate surface area is 170 Å². The number of nitrogens with zero attached hydrogens (tertiary/aromatic N) is 1. The summed E-state index contributed by atoms with van der Waals surface area (Å²) in [5, 5.41) is 6.15. The number of fused-ring (bicyclic) bond motifs is 2. The number of rotatable bonds is 6. The zero-order chi connectivity index (χ0) is 20.3. The van der Waals surface area contributed by atoms with Crippen LogP contribution in [0.5, 0.6) is 0 Å². The van der Waals surface area contributed by atoms with E-state index in [0.717, 1.165) is 37.8 Å². The molecular formula is C22H39N3O3. The maximum Gasteiger partial charge on any atom is 0.407 e. The first-order valence-electron chi connectivity index (χ1n) is 11.2. The molecule has 4 unspecified atom stereocenters. The van der Waals surface area contributed by atoms with Crippen LogP contribution in [0.3, 0.4) is 0 Å². The predicted molar refractivity (Wildman–Crippen MR) is 110 cm³/mol. The lowest BCUT2D eigenvalue weighted by Gasteiger charge is -2.33. The number of amides is 2. The van der Waals surface area contributed by atoms with Crippen LogP contribution in [0.25, 0.3) is 0 Å². The second kappa shape index (κ2) is 9.02. The second-order valence-corrected chi connectivity index (χ2v) is 10.3. The monoisotopic (exact) mass is 393 g/mol. The summed E-state index contributed by atoms with van der Waals surface area (Å²) in [6.07, 6.45) is 7.12. The number of piperidine rings is 1. The van der Waals surface area contributed by atoms with Gasteiger partial charge >= 0.3 is 6.09 Å². The van der Waals surface area contributed by atoms with Gasteiger partial charge in [-0.1, -0.05) is 6.42 Å². The highest BCUT2D eigenvalue weighted by atomic mass is 16.6. The van der Waals surface area contributed by atoms with Crippen LogP contribution in [-0.4, -0.2) is 54.7 Å². The molecule has 0 aromatic heterocycles. The number of carbonyl (C=O) groups excluding carboxylic acids is 2. The van der Waals surface area contributed by atoms with Crippen molar-refractivity contribution in [3.63, 3.8) is 0 Å². The predicted octanol–water partition coefficient (Wildman–Crippen LogP) is 3.16. The van der Waals surface area contributed by atoms with E-state index < -0.39 is 5.60 Å². The van der Waals surface area contributed by atoms with Crippen LogP contribution in [-0.2, 0) is 9.53 Å². The van der Waals surface area contributed by atoms with Crippen LogP contribution in [0, 0.1) is 23.7 Å². The van der Waals surface area contributed by atoms with Gasteiger partial charge in [0.2, 0.25) is 5.91 Å². The molecular weight excluding hydrogens is 354 g/mol. The minimum Gasteiger partial charge on any atom is -0.444 e. The third kappa shape index (κ3) is 6.10. The fourth-order valence-corrected chi connectivity index (χ4v) is 5.41. The van der Waals surface area contributed by atoms with Crippen LogP contribution >= 0.6 is 0 Å². The Morgan fingerprint density at radius 2 is 1.82 bits per heavy atom. The third-order valence-electron chi connectivity index (χ3n) is 6.83. The highest BCUT2D eigenvalue weighted by Crippen LogP contribution is 2.49. The number of alkyl carbamates (subject to hydrolysis) is 1. The Morgan fingerprint density at radius 1 is 1.11 bits per heavy atom. The molecule has 2 saturated carbocycles. The van der Waals surface area contributed by atoms with Crippen molar-refractivity contribution in [2.75, 3.05) is 26.2 Å². The summed E-state index contributed by atoms with van der Waals surface area (Å²) in [4.78, 5) is 26.5. The van der Waals surface area contributed by atoms with E-state index in [4.69, 9.17) is 4.74 Å². The normalized spacial score (nSPS) is 29.5. The molecule has 6 nitrogen and oxygen atoms in total. The van der Waals surface area contributed by atoms with Crippen LogP contribution in [0.15, 0.2) is 0 Å². The summed E-state index contributed by atoms with van der Waals surface area (Å²) in [6, 6.07) is 0.304. The molecule has 2 N–H and O–H groups in total. The van der Waals surface area contributed by atoms with E-state index in [-0.39, 0.29) is 12.0 Å². The standard InChI is InChI=1S/C22H39N3O3/c1-15(19-12-17-5-6-18(19)11-17)24-20(26)14-25-9-7-16(8-10-25)13-23-21(27)28-22(2,3)4/h15-19H,5-14H2,1-4H3,(H,23,27)(H,24,26). The molecule has 0 spiro atoms. The molecule has 1 heterocycles. The van der Waals surface area contributed by atoms with Gasteiger partial charge in [0.15, 0.2) is 0 Å². The third-order valence-corrected chi connectivity index (χ3v) is 6.83. The summed E-state index contributed by atoms with van der Waals surface area (Å²) in [5.41, 5.74) is -0.462. The number of nitrogens with one attached hydrogen (secondary N) is 2. The van der Waals surface area contributed by atoms with Crippen molar-refractivity contribution in [1.29, 1.82) is 0 Å². The second-order valence-electron chi connectivity index (χ2n) is 10.3. The lowest BCUT2D eigenvalue weighted by Crippen LogP contribution is -2.47. The lowest BCUT2D eigenvalue weighted by atomic mass is 9.84. The molecule has 2 bridgehead atoms. The van der Waals surface area contributed by atoms with E-state index in [2.05, 4.69) is 22.5 Å². The molecule has 1 saturated heterocycles. The molecule has 160 valence electrons. The average molecular weight is 394 g/mol. The first-order valence-corrected chi connectivity index (χ1v) is 11.2. The number of ether oxygens (including phenoxy) is 1. The van der Waals surface area contributed by atoms with E-state index in [9.17, 15) is 9.59 Å².